The number of aliphatic imine (C=N–C) groups is 1. The van der Waals surface area contributed by atoms with E-state index < -0.39 is 12.1 Å². The van der Waals surface area contributed by atoms with Crippen LogP contribution >= 0.6 is 0 Å². The van der Waals surface area contributed by atoms with Crippen LogP contribution in [0.4, 0.5) is 13.2 Å². The van der Waals surface area contributed by atoms with Gasteiger partial charge >= 0.3 is 6.18 Å². The molecule has 0 bridgehead atoms. The minimum Gasteiger partial charge on any atom is -0.359 e. The molecule has 154 valence electrons. The lowest BCUT2D eigenvalue weighted by Crippen LogP contribution is -2.45. The fraction of sp³-hybridized carbons (Fsp3) is 0.789. The molecule has 0 aromatic carbocycles. The molecule has 1 aromatic rings. The summed E-state index contributed by atoms with van der Waals surface area (Å²) >= 11 is 0. The van der Waals surface area contributed by atoms with Crippen LogP contribution in [-0.4, -0.2) is 29.9 Å². The van der Waals surface area contributed by atoms with Gasteiger partial charge in [0.25, 0.3) is 0 Å². The zero-order valence-electron chi connectivity index (χ0n) is 16.4. The molecule has 0 aliphatic heterocycles. The van der Waals surface area contributed by atoms with Crippen LogP contribution in [0.1, 0.15) is 76.7 Å². The summed E-state index contributed by atoms with van der Waals surface area (Å²) in [6.45, 7) is 7.24. The Kier molecular flexibility index (Phi) is 7.98. The predicted molar refractivity (Wildman–Crippen MR) is 99.6 cm³/mol. The summed E-state index contributed by atoms with van der Waals surface area (Å²) in [4.78, 5) is 4.51. The Balaban J connectivity index is 1.91. The molecule has 0 amide bonds. The number of alkyl halides is 3. The molecule has 1 saturated carbocycles. The van der Waals surface area contributed by atoms with Crippen LogP contribution in [0.2, 0.25) is 0 Å². The highest BCUT2D eigenvalue weighted by Crippen LogP contribution is 2.37. The van der Waals surface area contributed by atoms with Crippen LogP contribution in [0.15, 0.2) is 15.6 Å². The van der Waals surface area contributed by atoms with Gasteiger partial charge in [0, 0.05) is 24.6 Å². The second kappa shape index (κ2) is 9.99. The first-order valence-electron chi connectivity index (χ1n) is 9.94. The summed E-state index contributed by atoms with van der Waals surface area (Å²) in [5.41, 5.74) is 0.952. The van der Waals surface area contributed by atoms with Gasteiger partial charge in [0.2, 0.25) is 0 Å². The molecule has 1 aliphatic carbocycles. The zero-order chi connectivity index (χ0) is 19.9. The molecule has 1 heterocycles. The second-order valence-corrected chi connectivity index (χ2v) is 7.16. The molecule has 1 fully saturated rings. The fourth-order valence-corrected chi connectivity index (χ4v) is 3.54. The zero-order valence-corrected chi connectivity index (χ0v) is 16.4. The maximum absolute atomic E-state index is 12.8. The average Bonchev–Trinajstić information content (AvgIpc) is 3.09. The standard InChI is InChI=1S/C19H31F3N4O/c1-4-13(5-2)17-11-16(27-26-17)12-24-18(23-6-3)25-15-9-7-14(8-10-15)19(20,21)22/h11,13-15H,4-10,12H2,1-3H3,(H2,23,24,25). The molecule has 0 unspecified atom stereocenters. The van der Waals surface area contributed by atoms with Crippen molar-refractivity contribution in [2.45, 2.75) is 84.0 Å². The molecule has 0 atom stereocenters. The van der Waals surface area contributed by atoms with E-state index in [0.717, 1.165) is 18.5 Å². The number of nitrogens with one attached hydrogen (secondary N) is 2. The molecule has 1 aromatic heterocycles. The van der Waals surface area contributed by atoms with E-state index in [1.54, 1.807) is 0 Å². The number of nitrogens with zero attached hydrogens (tertiary/aromatic N) is 2. The van der Waals surface area contributed by atoms with Gasteiger partial charge in [-0.15, -0.1) is 0 Å². The molecule has 1 aliphatic rings. The maximum Gasteiger partial charge on any atom is 0.391 e. The minimum atomic E-state index is -4.08. The number of hydrogen-bond donors (Lipinski definition) is 2. The molecule has 8 heteroatoms. The van der Waals surface area contributed by atoms with E-state index in [1.165, 1.54) is 0 Å². The Morgan fingerprint density at radius 2 is 1.89 bits per heavy atom. The Bertz CT molecular complexity index is 588. The van der Waals surface area contributed by atoms with E-state index in [-0.39, 0.29) is 18.9 Å². The lowest BCUT2D eigenvalue weighted by molar-refractivity contribution is -0.182. The summed E-state index contributed by atoms with van der Waals surface area (Å²) in [5.74, 6) is 0.512. The topological polar surface area (TPSA) is 62.5 Å². The third-order valence-electron chi connectivity index (χ3n) is 5.25. The van der Waals surface area contributed by atoms with Gasteiger partial charge in [-0.25, -0.2) is 4.99 Å². The summed E-state index contributed by atoms with van der Waals surface area (Å²) in [6, 6.07) is 1.95. The summed E-state index contributed by atoms with van der Waals surface area (Å²) in [6.07, 6.45) is -0.732. The van der Waals surface area contributed by atoms with Gasteiger partial charge in [0.1, 0.15) is 6.54 Å². The highest BCUT2D eigenvalue weighted by molar-refractivity contribution is 5.80. The van der Waals surface area contributed by atoms with Gasteiger partial charge < -0.3 is 15.2 Å². The number of aromatic nitrogens is 1. The first-order chi connectivity index (χ1) is 12.9. The average molecular weight is 388 g/mol. The van der Waals surface area contributed by atoms with E-state index in [2.05, 4.69) is 34.6 Å². The number of rotatable bonds is 7. The normalized spacial score (nSPS) is 21.5. The molecule has 0 saturated heterocycles. The smallest absolute Gasteiger partial charge is 0.359 e. The van der Waals surface area contributed by atoms with E-state index >= 15 is 0 Å². The quantitative estimate of drug-likeness (QED) is 0.522. The highest BCUT2D eigenvalue weighted by Gasteiger charge is 2.41. The number of hydrogen-bond acceptors (Lipinski definition) is 3. The van der Waals surface area contributed by atoms with Crippen molar-refractivity contribution in [1.29, 1.82) is 0 Å². The van der Waals surface area contributed by atoms with Crippen LogP contribution < -0.4 is 10.6 Å². The number of halogens is 3. The van der Waals surface area contributed by atoms with Crippen LogP contribution in [0.3, 0.4) is 0 Å². The third-order valence-corrected chi connectivity index (χ3v) is 5.25. The molecular formula is C19H31F3N4O. The monoisotopic (exact) mass is 388 g/mol. The van der Waals surface area contributed by atoms with Crippen molar-refractivity contribution in [1.82, 2.24) is 15.8 Å². The molecule has 5 nitrogen and oxygen atoms in total. The largest absolute Gasteiger partial charge is 0.391 e. The minimum absolute atomic E-state index is 0.0104. The number of guanidine groups is 1. The van der Waals surface area contributed by atoms with Crippen LogP contribution in [0.5, 0.6) is 0 Å². The lowest BCUT2D eigenvalue weighted by Gasteiger charge is -2.31. The first kappa shape index (κ1) is 21.6. The van der Waals surface area contributed by atoms with Gasteiger partial charge in [-0.3, -0.25) is 0 Å². The Labute approximate surface area is 159 Å². The molecule has 2 rings (SSSR count). The molecule has 27 heavy (non-hydrogen) atoms. The molecular weight excluding hydrogens is 357 g/mol. The summed E-state index contributed by atoms with van der Waals surface area (Å²) < 4.78 is 43.8. The van der Waals surface area contributed by atoms with Crippen molar-refractivity contribution in [2.75, 3.05) is 6.54 Å². The molecule has 0 spiro atoms. The van der Waals surface area contributed by atoms with E-state index in [0.29, 0.717) is 43.6 Å². The van der Waals surface area contributed by atoms with E-state index in [4.69, 9.17) is 4.52 Å². The van der Waals surface area contributed by atoms with Crippen LogP contribution in [0, 0.1) is 5.92 Å². The van der Waals surface area contributed by atoms with Crippen molar-refractivity contribution in [3.8, 4) is 0 Å². The fourth-order valence-electron chi connectivity index (χ4n) is 3.54. The molecule has 0 radical (unpaired) electrons. The summed E-state index contributed by atoms with van der Waals surface area (Å²) in [7, 11) is 0. The van der Waals surface area contributed by atoms with Gasteiger partial charge in [-0.05, 0) is 45.4 Å². The van der Waals surface area contributed by atoms with Crippen molar-refractivity contribution in [3.63, 3.8) is 0 Å². The van der Waals surface area contributed by atoms with Crippen molar-refractivity contribution >= 4 is 5.96 Å². The third kappa shape index (κ3) is 6.43. The van der Waals surface area contributed by atoms with Gasteiger partial charge in [-0.2, -0.15) is 13.2 Å². The van der Waals surface area contributed by atoms with Gasteiger partial charge in [-0.1, -0.05) is 19.0 Å². The van der Waals surface area contributed by atoms with Crippen molar-refractivity contribution < 1.29 is 17.7 Å². The van der Waals surface area contributed by atoms with Crippen LogP contribution in [-0.2, 0) is 6.54 Å². The predicted octanol–water partition coefficient (Wildman–Crippen LogP) is 4.75. The maximum atomic E-state index is 12.8. The van der Waals surface area contributed by atoms with Crippen molar-refractivity contribution in [3.05, 3.63) is 17.5 Å². The Morgan fingerprint density at radius 3 is 2.44 bits per heavy atom. The van der Waals surface area contributed by atoms with E-state index in [9.17, 15) is 13.2 Å². The summed E-state index contributed by atoms with van der Waals surface area (Å²) in [5, 5.41) is 10.5. The Hall–Kier alpha value is -1.73. The first-order valence-corrected chi connectivity index (χ1v) is 9.94. The highest BCUT2D eigenvalue weighted by atomic mass is 19.4. The molecule has 2 N–H and O–H groups in total. The van der Waals surface area contributed by atoms with Gasteiger partial charge in [0.05, 0.1) is 11.6 Å². The second-order valence-electron chi connectivity index (χ2n) is 7.16. The lowest BCUT2D eigenvalue weighted by atomic mass is 9.85. The van der Waals surface area contributed by atoms with Gasteiger partial charge in [0.15, 0.2) is 11.7 Å². The Morgan fingerprint density at radius 1 is 1.22 bits per heavy atom. The van der Waals surface area contributed by atoms with Crippen molar-refractivity contribution in [2.24, 2.45) is 10.9 Å². The van der Waals surface area contributed by atoms with E-state index in [1.807, 2.05) is 13.0 Å². The SMILES string of the molecule is CCNC(=NCc1cc(C(CC)CC)no1)NC1CCC(C(F)(F)F)CC1. The van der Waals surface area contributed by atoms with Crippen LogP contribution in [0.25, 0.3) is 0 Å².